The summed E-state index contributed by atoms with van der Waals surface area (Å²) >= 11 is 0. The van der Waals surface area contributed by atoms with Crippen molar-refractivity contribution in [3.8, 4) is 0 Å². The molecule has 1 N–H and O–H groups in total. The zero-order valence-electron chi connectivity index (χ0n) is 6.01. The molecule has 0 aliphatic rings. The standard InChI is InChI=1S/C7H5N3O2/c11-7(12)5-1-2-6-3-8-9-10(6)4-5/h1-4H,(H,11,12). The molecule has 0 amide bonds. The minimum Gasteiger partial charge on any atom is -0.478 e. The number of carboxylic acids is 1. The third-order valence-corrected chi connectivity index (χ3v) is 1.54. The number of rotatable bonds is 1. The summed E-state index contributed by atoms with van der Waals surface area (Å²) in [5.41, 5.74) is 0.980. The maximum absolute atomic E-state index is 10.5. The summed E-state index contributed by atoms with van der Waals surface area (Å²) in [4.78, 5) is 10.5. The van der Waals surface area contributed by atoms with Gasteiger partial charge in [0.2, 0.25) is 0 Å². The van der Waals surface area contributed by atoms with Gasteiger partial charge in [0.25, 0.3) is 0 Å². The lowest BCUT2D eigenvalue weighted by molar-refractivity contribution is 0.0696. The largest absolute Gasteiger partial charge is 0.478 e. The molecule has 0 aliphatic carbocycles. The van der Waals surface area contributed by atoms with E-state index in [0.717, 1.165) is 5.52 Å². The molecule has 2 rings (SSSR count). The molecule has 0 spiro atoms. The Bertz CT molecular complexity index is 435. The van der Waals surface area contributed by atoms with Crippen molar-refractivity contribution in [2.45, 2.75) is 0 Å². The quantitative estimate of drug-likeness (QED) is 0.661. The molecule has 0 aliphatic heterocycles. The van der Waals surface area contributed by atoms with Gasteiger partial charge in [-0.1, -0.05) is 5.21 Å². The summed E-state index contributed by atoms with van der Waals surface area (Å²) < 4.78 is 1.42. The topological polar surface area (TPSA) is 67.5 Å². The van der Waals surface area contributed by atoms with Crippen LogP contribution in [0, 0.1) is 0 Å². The SMILES string of the molecule is O=C(O)c1ccc2cnnn2c1. The predicted octanol–water partition coefficient (Wildman–Crippen LogP) is 0.427. The highest BCUT2D eigenvalue weighted by atomic mass is 16.4. The second-order valence-corrected chi connectivity index (χ2v) is 2.33. The number of pyridine rings is 1. The summed E-state index contributed by atoms with van der Waals surface area (Å²) in [5.74, 6) is -0.965. The van der Waals surface area contributed by atoms with E-state index in [-0.39, 0.29) is 5.56 Å². The first-order valence-corrected chi connectivity index (χ1v) is 3.31. The first-order chi connectivity index (χ1) is 5.77. The van der Waals surface area contributed by atoms with Gasteiger partial charge in [0.15, 0.2) is 0 Å². The van der Waals surface area contributed by atoms with Crippen molar-refractivity contribution in [1.29, 1.82) is 0 Å². The van der Waals surface area contributed by atoms with E-state index in [4.69, 9.17) is 5.11 Å². The highest BCUT2D eigenvalue weighted by Gasteiger charge is 2.03. The highest BCUT2D eigenvalue weighted by molar-refractivity contribution is 5.87. The van der Waals surface area contributed by atoms with E-state index in [9.17, 15) is 4.79 Å². The van der Waals surface area contributed by atoms with Crippen molar-refractivity contribution in [3.63, 3.8) is 0 Å². The molecular formula is C7H5N3O2. The van der Waals surface area contributed by atoms with Crippen molar-refractivity contribution < 1.29 is 9.90 Å². The molecular weight excluding hydrogens is 158 g/mol. The minimum absolute atomic E-state index is 0.202. The molecule has 0 unspecified atom stereocenters. The zero-order valence-corrected chi connectivity index (χ0v) is 6.01. The first kappa shape index (κ1) is 6.78. The summed E-state index contributed by atoms with van der Waals surface area (Å²) in [6, 6.07) is 3.17. The van der Waals surface area contributed by atoms with Crippen LogP contribution in [0.5, 0.6) is 0 Å². The number of aromatic carboxylic acids is 1. The molecule has 60 valence electrons. The molecule has 0 saturated heterocycles. The Morgan fingerprint density at radius 1 is 1.50 bits per heavy atom. The molecule has 2 heterocycles. The van der Waals surface area contributed by atoms with Crippen LogP contribution in [0.15, 0.2) is 24.5 Å². The average Bonchev–Trinajstić information content (AvgIpc) is 2.49. The van der Waals surface area contributed by atoms with Crippen molar-refractivity contribution in [2.75, 3.05) is 0 Å². The Kier molecular flexibility index (Phi) is 1.30. The molecule has 5 heteroatoms. The van der Waals surface area contributed by atoms with E-state index in [1.165, 1.54) is 16.8 Å². The Labute approximate surface area is 67.2 Å². The van der Waals surface area contributed by atoms with Crippen LogP contribution in [-0.4, -0.2) is 25.9 Å². The van der Waals surface area contributed by atoms with E-state index in [2.05, 4.69) is 10.3 Å². The van der Waals surface area contributed by atoms with Crippen molar-refractivity contribution in [2.24, 2.45) is 0 Å². The van der Waals surface area contributed by atoms with Gasteiger partial charge >= 0.3 is 5.97 Å². The van der Waals surface area contributed by atoms with Crippen LogP contribution in [0.3, 0.4) is 0 Å². The van der Waals surface area contributed by atoms with E-state index in [1.807, 2.05) is 0 Å². The summed E-state index contributed by atoms with van der Waals surface area (Å²) in [6.45, 7) is 0. The zero-order chi connectivity index (χ0) is 8.55. The van der Waals surface area contributed by atoms with Gasteiger partial charge in [0, 0.05) is 6.20 Å². The van der Waals surface area contributed by atoms with Crippen LogP contribution in [0.1, 0.15) is 10.4 Å². The molecule has 0 radical (unpaired) electrons. The van der Waals surface area contributed by atoms with Crippen molar-refractivity contribution in [3.05, 3.63) is 30.1 Å². The number of aromatic nitrogens is 3. The van der Waals surface area contributed by atoms with Gasteiger partial charge in [0.05, 0.1) is 17.3 Å². The smallest absolute Gasteiger partial charge is 0.337 e. The average molecular weight is 163 g/mol. The van der Waals surface area contributed by atoms with E-state index in [0.29, 0.717) is 0 Å². The lowest BCUT2D eigenvalue weighted by Gasteiger charge is -1.93. The Balaban J connectivity index is 2.68. The van der Waals surface area contributed by atoms with Crippen molar-refractivity contribution in [1.82, 2.24) is 14.8 Å². The van der Waals surface area contributed by atoms with Gasteiger partial charge in [-0.2, -0.15) is 0 Å². The van der Waals surface area contributed by atoms with Crippen LogP contribution < -0.4 is 0 Å². The molecule has 0 bridgehead atoms. The normalized spacial score (nSPS) is 10.3. The summed E-state index contributed by atoms with van der Waals surface area (Å²) in [6.07, 6.45) is 2.98. The molecule has 0 fully saturated rings. The van der Waals surface area contributed by atoms with Crippen LogP contribution in [-0.2, 0) is 0 Å². The van der Waals surface area contributed by atoms with Gasteiger partial charge < -0.3 is 5.11 Å². The lowest BCUT2D eigenvalue weighted by Crippen LogP contribution is -1.98. The fraction of sp³-hybridized carbons (Fsp3) is 0. The maximum atomic E-state index is 10.5. The number of carbonyl (C=O) groups is 1. The Hall–Kier alpha value is -1.91. The summed E-state index contributed by atoms with van der Waals surface area (Å²) in [5, 5.41) is 15.9. The Morgan fingerprint density at radius 2 is 2.33 bits per heavy atom. The molecule has 0 aromatic carbocycles. The fourth-order valence-electron chi connectivity index (χ4n) is 0.948. The third-order valence-electron chi connectivity index (χ3n) is 1.54. The van der Waals surface area contributed by atoms with Crippen LogP contribution in [0.2, 0.25) is 0 Å². The fourth-order valence-corrected chi connectivity index (χ4v) is 0.948. The molecule has 0 atom stereocenters. The molecule has 5 nitrogen and oxygen atoms in total. The second-order valence-electron chi connectivity index (χ2n) is 2.33. The van der Waals surface area contributed by atoms with Crippen LogP contribution in [0.4, 0.5) is 0 Å². The van der Waals surface area contributed by atoms with Gasteiger partial charge in [-0.15, -0.1) is 5.10 Å². The molecule has 2 aromatic rings. The molecule has 0 saturated carbocycles. The lowest BCUT2D eigenvalue weighted by atomic mass is 10.3. The van der Waals surface area contributed by atoms with Crippen LogP contribution >= 0.6 is 0 Å². The Morgan fingerprint density at radius 3 is 3.08 bits per heavy atom. The van der Waals surface area contributed by atoms with Crippen LogP contribution in [0.25, 0.3) is 5.52 Å². The number of fused-ring (bicyclic) bond motifs is 1. The number of carboxylic acid groups (broad SMARTS) is 1. The number of nitrogens with zero attached hydrogens (tertiary/aromatic N) is 3. The van der Waals surface area contributed by atoms with Crippen molar-refractivity contribution >= 4 is 11.5 Å². The summed E-state index contributed by atoms with van der Waals surface area (Å²) in [7, 11) is 0. The molecule has 12 heavy (non-hydrogen) atoms. The predicted molar refractivity (Wildman–Crippen MR) is 39.9 cm³/mol. The molecule has 2 aromatic heterocycles. The van der Waals surface area contributed by atoms with Gasteiger partial charge in [-0.3, -0.25) is 0 Å². The third kappa shape index (κ3) is 0.914. The van der Waals surface area contributed by atoms with Gasteiger partial charge in [0.1, 0.15) is 0 Å². The highest BCUT2D eigenvalue weighted by Crippen LogP contribution is 2.03. The van der Waals surface area contributed by atoms with E-state index in [1.54, 1.807) is 12.3 Å². The van der Waals surface area contributed by atoms with E-state index < -0.39 is 5.97 Å². The maximum Gasteiger partial charge on any atom is 0.337 e. The van der Waals surface area contributed by atoms with Gasteiger partial charge in [-0.25, -0.2) is 9.31 Å². The number of hydrogen-bond acceptors (Lipinski definition) is 3. The van der Waals surface area contributed by atoms with Gasteiger partial charge in [-0.05, 0) is 12.1 Å². The second kappa shape index (κ2) is 2.30. The first-order valence-electron chi connectivity index (χ1n) is 3.31. The number of hydrogen-bond donors (Lipinski definition) is 1. The minimum atomic E-state index is -0.965. The van der Waals surface area contributed by atoms with E-state index >= 15 is 0 Å². The monoisotopic (exact) mass is 163 g/mol.